The Morgan fingerprint density at radius 1 is 1.08 bits per heavy atom. The van der Waals surface area contributed by atoms with Crippen LogP contribution in [0.3, 0.4) is 0 Å². The number of cyclic esters (lactones) is 2. The van der Waals surface area contributed by atoms with E-state index in [2.05, 4.69) is 0 Å². The van der Waals surface area contributed by atoms with Crippen LogP contribution in [0.4, 0.5) is 0 Å². The lowest BCUT2D eigenvalue weighted by Crippen LogP contribution is -2.62. The van der Waals surface area contributed by atoms with E-state index in [0.29, 0.717) is 18.4 Å². The fourth-order valence-electron chi connectivity index (χ4n) is 2.98. The molecule has 0 radical (unpaired) electrons. The topological polar surface area (TPSA) is 69.7 Å². The molecule has 0 bridgehead atoms. The van der Waals surface area contributed by atoms with Crippen LogP contribution >= 0.6 is 0 Å². The highest BCUT2D eigenvalue weighted by atomic mass is 16.7. The lowest BCUT2D eigenvalue weighted by molar-refractivity contribution is -0.227. The molecule has 0 N–H and O–H groups in total. The Bertz CT molecular complexity index is 653. The molecule has 5 heteroatoms. The summed E-state index contributed by atoms with van der Waals surface area (Å²) in [5.74, 6) is -2.24. The number of carbonyl (C=O) groups excluding carboxylic acids is 3. The van der Waals surface area contributed by atoms with Crippen molar-refractivity contribution in [3.8, 4) is 0 Å². The van der Waals surface area contributed by atoms with Gasteiger partial charge in [0.25, 0.3) is 5.60 Å². The Hall–Kier alpha value is -2.17. The van der Waals surface area contributed by atoms with Gasteiger partial charge in [-0.15, -0.1) is 0 Å². The van der Waals surface area contributed by atoms with Gasteiger partial charge in [-0.2, -0.15) is 0 Å². The standard InChI is InChI=1S/C20H26O5/c1-5-7-13-20(16(21)14(3)6-2)18(23)24-19(4,17(22)25-20)15-11-9-8-10-12-15/h8-12,14H,5-7,13H2,1-4H3/t14?,19-,20+/m0/s1. The quantitative estimate of drug-likeness (QED) is 0.558. The molecule has 5 nitrogen and oxygen atoms in total. The molecule has 1 heterocycles. The summed E-state index contributed by atoms with van der Waals surface area (Å²) in [4.78, 5) is 38.6. The maximum Gasteiger partial charge on any atom is 0.360 e. The van der Waals surface area contributed by atoms with Crippen molar-refractivity contribution < 1.29 is 23.9 Å². The second kappa shape index (κ2) is 7.38. The van der Waals surface area contributed by atoms with Crippen molar-refractivity contribution in [2.24, 2.45) is 5.92 Å². The zero-order valence-corrected chi connectivity index (χ0v) is 15.3. The maximum absolute atomic E-state index is 12.9. The average Bonchev–Trinajstić information content (AvgIpc) is 2.63. The average molecular weight is 346 g/mol. The normalized spacial score (nSPS) is 27.4. The van der Waals surface area contributed by atoms with Crippen molar-refractivity contribution in [3.05, 3.63) is 35.9 Å². The Kier molecular flexibility index (Phi) is 5.65. The molecule has 1 aliphatic rings. The minimum atomic E-state index is -1.82. The van der Waals surface area contributed by atoms with Crippen molar-refractivity contribution in [3.63, 3.8) is 0 Å². The van der Waals surface area contributed by atoms with Gasteiger partial charge in [0.05, 0.1) is 0 Å². The van der Waals surface area contributed by atoms with Crippen molar-refractivity contribution >= 4 is 17.7 Å². The lowest BCUT2D eigenvalue weighted by atomic mass is 9.82. The minimum absolute atomic E-state index is 0.155. The van der Waals surface area contributed by atoms with E-state index in [0.717, 1.165) is 6.42 Å². The van der Waals surface area contributed by atoms with E-state index in [1.54, 1.807) is 37.3 Å². The fourth-order valence-corrected chi connectivity index (χ4v) is 2.98. The smallest absolute Gasteiger partial charge is 0.360 e. The molecule has 0 amide bonds. The molecule has 1 saturated heterocycles. The summed E-state index contributed by atoms with van der Waals surface area (Å²) in [6.45, 7) is 7.05. The van der Waals surface area contributed by atoms with E-state index < -0.39 is 29.1 Å². The van der Waals surface area contributed by atoms with Gasteiger partial charge in [-0.3, -0.25) is 4.79 Å². The van der Waals surface area contributed by atoms with Gasteiger partial charge in [-0.05, 0) is 19.8 Å². The van der Waals surface area contributed by atoms with Crippen molar-refractivity contribution in [2.75, 3.05) is 0 Å². The third-order valence-electron chi connectivity index (χ3n) is 4.95. The number of Topliss-reactive ketones (excluding diaryl/α,β-unsaturated/α-hetero) is 1. The Labute approximate surface area is 148 Å². The van der Waals surface area contributed by atoms with E-state index in [-0.39, 0.29) is 12.2 Å². The summed E-state index contributed by atoms with van der Waals surface area (Å²) in [6, 6.07) is 8.71. The van der Waals surface area contributed by atoms with Crippen LogP contribution in [0.1, 0.15) is 58.9 Å². The number of rotatable bonds is 7. The molecule has 136 valence electrons. The number of ketones is 1. The minimum Gasteiger partial charge on any atom is -0.439 e. The largest absolute Gasteiger partial charge is 0.439 e. The molecule has 3 atom stereocenters. The molecule has 1 aromatic rings. The summed E-state index contributed by atoms with van der Waals surface area (Å²) in [7, 11) is 0. The van der Waals surface area contributed by atoms with Crippen LogP contribution in [0.2, 0.25) is 0 Å². The second-order valence-electron chi connectivity index (χ2n) is 6.78. The van der Waals surface area contributed by atoms with Crippen LogP contribution < -0.4 is 0 Å². The first-order chi connectivity index (χ1) is 11.8. The van der Waals surface area contributed by atoms with Crippen molar-refractivity contribution in [1.29, 1.82) is 0 Å². The predicted molar refractivity (Wildman–Crippen MR) is 92.7 cm³/mol. The summed E-state index contributed by atoms with van der Waals surface area (Å²) >= 11 is 0. The molecular formula is C20H26O5. The van der Waals surface area contributed by atoms with Gasteiger partial charge in [-0.1, -0.05) is 57.5 Å². The first kappa shape index (κ1) is 19.2. The Morgan fingerprint density at radius 3 is 2.28 bits per heavy atom. The number of carbonyl (C=O) groups is 3. The third kappa shape index (κ3) is 3.32. The van der Waals surface area contributed by atoms with Crippen LogP contribution in [0.15, 0.2) is 30.3 Å². The summed E-state index contributed by atoms with van der Waals surface area (Å²) in [5.41, 5.74) is -2.84. The third-order valence-corrected chi connectivity index (χ3v) is 4.95. The van der Waals surface area contributed by atoms with Gasteiger partial charge >= 0.3 is 11.9 Å². The lowest BCUT2D eigenvalue weighted by Gasteiger charge is -2.42. The van der Waals surface area contributed by atoms with Crippen molar-refractivity contribution in [1.82, 2.24) is 0 Å². The van der Waals surface area contributed by atoms with Crippen molar-refractivity contribution in [2.45, 2.75) is 64.6 Å². The van der Waals surface area contributed by atoms with Gasteiger partial charge in [0, 0.05) is 17.9 Å². The van der Waals surface area contributed by atoms with E-state index >= 15 is 0 Å². The summed E-state index contributed by atoms with van der Waals surface area (Å²) in [5, 5.41) is 0. The number of hydrogen-bond donors (Lipinski definition) is 0. The van der Waals surface area contributed by atoms with E-state index in [1.165, 1.54) is 6.92 Å². The molecule has 1 aromatic carbocycles. The fraction of sp³-hybridized carbons (Fsp3) is 0.550. The Balaban J connectivity index is 2.41. The van der Waals surface area contributed by atoms with Gasteiger partial charge < -0.3 is 9.47 Å². The number of benzene rings is 1. The Morgan fingerprint density at radius 2 is 1.72 bits per heavy atom. The van der Waals surface area contributed by atoms with Crippen LogP contribution in [0.5, 0.6) is 0 Å². The highest BCUT2D eigenvalue weighted by molar-refractivity contribution is 6.12. The number of ether oxygens (including phenoxy) is 2. The zero-order valence-electron chi connectivity index (χ0n) is 15.3. The van der Waals surface area contributed by atoms with E-state index in [1.807, 2.05) is 13.8 Å². The van der Waals surface area contributed by atoms with Gasteiger partial charge in [0.1, 0.15) is 0 Å². The van der Waals surface area contributed by atoms with Crippen LogP contribution in [0, 0.1) is 5.92 Å². The molecule has 25 heavy (non-hydrogen) atoms. The predicted octanol–water partition coefficient (Wildman–Crippen LogP) is 3.55. The molecule has 0 aromatic heterocycles. The highest BCUT2D eigenvalue weighted by Gasteiger charge is 2.60. The van der Waals surface area contributed by atoms with Gasteiger partial charge in [0.2, 0.25) is 5.60 Å². The second-order valence-corrected chi connectivity index (χ2v) is 6.78. The molecule has 0 saturated carbocycles. The SMILES string of the molecule is CCCC[C@]1(C(=O)C(C)CC)OC(=O)[C@](C)(c2ccccc2)OC1=O. The monoisotopic (exact) mass is 346 g/mol. The van der Waals surface area contributed by atoms with Crippen LogP contribution in [0.25, 0.3) is 0 Å². The zero-order chi connectivity index (χ0) is 18.7. The number of unbranched alkanes of at least 4 members (excludes halogenated alkanes) is 1. The molecule has 0 aliphatic carbocycles. The van der Waals surface area contributed by atoms with E-state index in [4.69, 9.17) is 9.47 Å². The molecule has 2 rings (SSSR count). The van der Waals surface area contributed by atoms with Gasteiger partial charge in [0.15, 0.2) is 5.78 Å². The highest BCUT2D eigenvalue weighted by Crippen LogP contribution is 2.39. The van der Waals surface area contributed by atoms with Crippen LogP contribution in [-0.4, -0.2) is 23.3 Å². The molecule has 1 fully saturated rings. The maximum atomic E-state index is 12.9. The number of hydrogen-bond acceptors (Lipinski definition) is 5. The first-order valence-electron chi connectivity index (χ1n) is 8.88. The summed E-state index contributed by atoms with van der Waals surface area (Å²) in [6.07, 6.45) is 2.08. The molecular weight excluding hydrogens is 320 g/mol. The number of esters is 2. The summed E-state index contributed by atoms with van der Waals surface area (Å²) < 4.78 is 11.1. The molecule has 0 spiro atoms. The van der Waals surface area contributed by atoms with Gasteiger partial charge in [-0.25, -0.2) is 9.59 Å². The van der Waals surface area contributed by atoms with E-state index in [9.17, 15) is 14.4 Å². The molecule has 1 unspecified atom stereocenters. The van der Waals surface area contributed by atoms with Crippen LogP contribution in [-0.2, 0) is 29.5 Å². The molecule has 1 aliphatic heterocycles. The first-order valence-corrected chi connectivity index (χ1v) is 8.88.